The van der Waals surface area contributed by atoms with Gasteiger partial charge in [-0.1, -0.05) is 12.1 Å². The van der Waals surface area contributed by atoms with E-state index in [4.69, 9.17) is 14.9 Å². The number of ether oxygens (including phenoxy) is 1. The van der Waals surface area contributed by atoms with Crippen molar-refractivity contribution < 1.29 is 13.5 Å². The summed E-state index contributed by atoms with van der Waals surface area (Å²) < 4.78 is 26.3. The smallest absolute Gasteiger partial charge is 0.247 e. The fraction of sp³-hybridized carbons (Fsp3) is 0.125. The van der Waals surface area contributed by atoms with Crippen molar-refractivity contribution in [2.24, 2.45) is 0 Å². The zero-order valence-corrected chi connectivity index (χ0v) is 17.3. The van der Waals surface area contributed by atoms with Crippen molar-refractivity contribution in [1.82, 2.24) is 19.7 Å². The standard InChI is InChI=1S/C24H20FN5O2/c1-31-19-9-7-18(8-10-19)30-21-14-16(6-11-20(21)27-24(30)26)23-29-28-22(32-23)12-5-15-3-2-4-17(25)13-15/h2-4,6-11,13-14H,5,12H2,1H3,(H2,26,27). The van der Waals surface area contributed by atoms with Crippen LogP contribution in [0.2, 0.25) is 0 Å². The van der Waals surface area contributed by atoms with Crippen LogP contribution in [-0.4, -0.2) is 26.9 Å². The Morgan fingerprint density at radius 1 is 1.00 bits per heavy atom. The maximum atomic E-state index is 13.4. The predicted octanol–water partition coefficient (Wildman–Crippen LogP) is 4.59. The van der Waals surface area contributed by atoms with Gasteiger partial charge < -0.3 is 14.9 Å². The summed E-state index contributed by atoms with van der Waals surface area (Å²) in [7, 11) is 1.62. The fourth-order valence-electron chi connectivity index (χ4n) is 3.64. The van der Waals surface area contributed by atoms with Crippen LogP contribution in [-0.2, 0) is 12.8 Å². The lowest BCUT2D eigenvalue weighted by Crippen LogP contribution is -2.00. The molecule has 8 heteroatoms. The van der Waals surface area contributed by atoms with E-state index in [9.17, 15) is 4.39 Å². The summed E-state index contributed by atoms with van der Waals surface area (Å²) >= 11 is 0. The second-order valence-electron chi connectivity index (χ2n) is 7.34. The van der Waals surface area contributed by atoms with E-state index in [1.165, 1.54) is 12.1 Å². The number of methoxy groups -OCH3 is 1. The Bertz CT molecular complexity index is 1390. The van der Waals surface area contributed by atoms with Gasteiger partial charge in [-0.15, -0.1) is 10.2 Å². The second-order valence-corrected chi connectivity index (χ2v) is 7.34. The summed E-state index contributed by atoms with van der Waals surface area (Å²) in [6.07, 6.45) is 1.13. The van der Waals surface area contributed by atoms with Gasteiger partial charge in [0.15, 0.2) is 0 Å². The number of rotatable bonds is 6. The first-order valence-electron chi connectivity index (χ1n) is 10.1. The van der Waals surface area contributed by atoms with Gasteiger partial charge in [0, 0.05) is 17.7 Å². The average molecular weight is 429 g/mol. The van der Waals surface area contributed by atoms with Crippen molar-refractivity contribution in [2.75, 3.05) is 12.8 Å². The third kappa shape index (κ3) is 3.78. The summed E-state index contributed by atoms with van der Waals surface area (Å²) in [4.78, 5) is 4.45. The summed E-state index contributed by atoms with van der Waals surface area (Å²) in [6, 6.07) is 19.7. The molecule has 0 aliphatic rings. The van der Waals surface area contributed by atoms with Crippen LogP contribution < -0.4 is 10.5 Å². The number of aryl methyl sites for hydroxylation is 2. The average Bonchev–Trinajstić information content (AvgIpc) is 3.41. The van der Waals surface area contributed by atoms with E-state index in [1.807, 2.05) is 53.1 Å². The molecule has 5 rings (SSSR count). The molecular formula is C24H20FN5O2. The van der Waals surface area contributed by atoms with Crippen molar-refractivity contribution in [3.05, 3.63) is 84.0 Å². The number of fused-ring (bicyclic) bond motifs is 1. The van der Waals surface area contributed by atoms with Crippen molar-refractivity contribution in [2.45, 2.75) is 12.8 Å². The Morgan fingerprint density at radius 2 is 1.84 bits per heavy atom. The number of anilines is 1. The van der Waals surface area contributed by atoms with E-state index in [2.05, 4.69) is 15.2 Å². The van der Waals surface area contributed by atoms with Gasteiger partial charge in [-0.3, -0.25) is 4.57 Å². The van der Waals surface area contributed by atoms with E-state index >= 15 is 0 Å². The molecule has 160 valence electrons. The maximum absolute atomic E-state index is 13.4. The SMILES string of the molecule is COc1ccc(-n2c(N)nc3ccc(-c4nnc(CCc5cccc(F)c5)o4)cc32)cc1. The molecule has 2 aromatic heterocycles. The second kappa shape index (κ2) is 8.14. The van der Waals surface area contributed by atoms with Crippen molar-refractivity contribution in [3.8, 4) is 22.9 Å². The molecule has 2 heterocycles. The van der Waals surface area contributed by atoms with E-state index in [1.54, 1.807) is 13.2 Å². The molecule has 5 aromatic rings. The molecule has 0 unspecified atom stereocenters. The van der Waals surface area contributed by atoms with Crippen LogP contribution in [0.1, 0.15) is 11.5 Å². The van der Waals surface area contributed by atoms with Gasteiger partial charge in [-0.25, -0.2) is 9.37 Å². The van der Waals surface area contributed by atoms with Gasteiger partial charge in [0.1, 0.15) is 11.6 Å². The van der Waals surface area contributed by atoms with Gasteiger partial charge in [0.2, 0.25) is 17.7 Å². The van der Waals surface area contributed by atoms with E-state index in [0.717, 1.165) is 33.6 Å². The first kappa shape index (κ1) is 19.7. The third-order valence-electron chi connectivity index (χ3n) is 5.24. The zero-order chi connectivity index (χ0) is 22.1. The molecule has 0 saturated heterocycles. The first-order valence-corrected chi connectivity index (χ1v) is 10.1. The summed E-state index contributed by atoms with van der Waals surface area (Å²) in [6.45, 7) is 0. The van der Waals surface area contributed by atoms with Crippen LogP contribution >= 0.6 is 0 Å². The van der Waals surface area contributed by atoms with Gasteiger partial charge in [-0.05, 0) is 66.6 Å². The number of nitrogens with zero attached hydrogens (tertiary/aromatic N) is 4. The Kier molecular flexibility index (Phi) is 5.03. The maximum Gasteiger partial charge on any atom is 0.247 e. The van der Waals surface area contributed by atoms with E-state index in [0.29, 0.717) is 30.6 Å². The summed E-state index contributed by atoms with van der Waals surface area (Å²) in [5.41, 5.74) is 10.3. The molecule has 0 atom stereocenters. The minimum absolute atomic E-state index is 0.255. The topological polar surface area (TPSA) is 92.0 Å². The number of benzene rings is 3. The Balaban J connectivity index is 1.43. The molecule has 0 spiro atoms. The predicted molar refractivity (Wildman–Crippen MR) is 119 cm³/mol. The summed E-state index contributed by atoms with van der Waals surface area (Å²) in [5.74, 6) is 1.78. The number of halogens is 1. The number of hydrogen-bond acceptors (Lipinski definition) is 6. The van der Waals surface area contributed by atoms with Crippen LogP contribution in [0.4, 0.5) is 10.3 Å². The lowest BCUT2D eigenvalue weighted by molar-refractivity contribution is 0.415. The van der Waals surface area contributed by atoms with Crippen LogP contribution in [0, 0.1) is 5.82 Å². The molecule has 2 N–H and O–H groups in total. The minimum Gasteiger partial charge on any atom is -0.497 e. The van der Waals surface area contributed by atoms with Crippen LogP contribution in [0.25, 0.3) is 28.2 Å². The van der Waals surface area contributed by atoms with Gasteiger partial charge in [0.05, 0.1) is 18.1 Å². The number of aromatic nitrogens is 4. The molecule has 0 radical (unpaired) electrons. The number of imidazole rings is 1. The summed E-state index contributed by atoms with van der Waals surface area (Å²) in [5, 5.41) is 8.33. The molecular weight excluding hydrogens is 409 g/mol. The molecule has 0 saturated carbocycles. The normalized spacial score (nSPS) is 11.2. The third-order valence-corrected chi connectivity index (χ3v) is 5.24. The highest BCUT2D eigenvalue weighted by atomic mass is 19.1. The highest BCUT2D eigenvalue weighted by Gasteiger charge is 2.15. The van der Waals surface area contributed by atoms with Gasteiger partial charge >= 0.3 is 0 Å². The fourth-order valence-corrected chi connectivity index (χ4v) is 3.64. The largest absolute Gasteiger partial charge is 0.497 e. The molecule has 32 heavy (non-hydrogen) atoms. The zero-order valence-electron chi connectivity index (χ0n) is 17.3. The van der Waals surface area contributed by atoms with Crippen LogP contribution in [0.15, 0.2) is 71.1 Å². The monoisotopic (exact) mass is 429 g/mol. The number of nitrogen functional groups attached to an aromatic ring is 1. The van der Waals surface area contributed by atoms with Crippen LogP contribution in [0.3, 0.4) is 0 Å². The Morgan fingerprint density at radius 3 is 2.62 bits per heavy atom. The van der Waals surface area contributed by atoms with E-state index < -0.39 is 0 Å². The molecule has 0 fully saturated rings. The lowest BCUT2D eigenvalue weighted by Gasteiger charge is -2.08. The molecule has 7 nitrogen and oxygen atoms in total. The highest BCUT2D eigenvalue weighted by Crippen LogP contribution is 2.28. The number of nitrogens with two attached hydrogens (primary N) is 1. The van der Waals surface area contributed by atoms with Gasteiger partial charge in [0.25, 0.3) is 0 Å². The molecule has 0 amide bonds. The Labute approximate surface area is 183 Å². The minimum atomic E-state index is -0.255. The molecule has 3 aromatic carbocycles. The van der Waals surface area contributed by atoms with Crippen LogP contribution in [0.5, 0.6) is 5.75 Å². The van der Waals surface area contributed by atoms with Crippen molar-refractivity contribution >= 4 is 17.0 Å². The van der Waals surface area contributed by atoms with Crippen molar-refractivity contribution in [3.63, 3.8) is 0 Å². The van der Waals surface area contributed by atoms with E-state index in [-0.39, 0.29) is 5.82 Å². The molecule has 0 aliphatic heterocycles. The molecule has 0 bridgehead atoms. The van der Waals surface area contributed by atoms with Gasteiger partial charge in [-0.2, -0.15) is 0 Å². The quantitative estimate of drug-likeness (QED) is 0.424. The lowest BCUT2D eigenvalue weighted by atomic mass is 10.1. The Hall–Kier alpha value is -4.20. The molecule has 0 aliphatic carbocycles. The number of hydrogen-bond donors (Lipinski definition) is 1. The highest BCUT2D eigenvalue weighted by molar-refractivity contribution is 5.84. The van der Waals surface area contributed by atoms with Crippen molar-refractivity contribution in [1.29, 1.82) is 0 Å². The first-order chi connectivity index (χ1) is 15.6.